The number of esters is 1. The van der Waals surface area contributed by atoms with Crippen LogP contribution >= 0.6 is 0 Å². The first-order valence-electron chi connectivity index (χ1n) is 10.7. The third kappa shape index (κ3) is 4.93. The van der Waals surface area contributed by atoms with Gasteiger partial charge in [-0.05, 0) is 61.9 Å². The zero-order valence-corrected chi connectivity index (χ0v) is 18.8. The molecule has 0 aliphatic rings. The fourth-order valence-electron chi connectivity index (χ4n) is 3.50. The SMILES string of the molecule is CCOC(=O)c1cc(-c2cccc(NC(=O)c3ccc(F)c(F)c3F)c2)n(-c2cccc(C)c2)n1. The Morgan fingerprint density at radius 2 is 1.74 bits per heavy atom. The fraction of sp³-hybridized carbons (Fsp3) is 0.115. The molecule has 3 aromatic carbocycles. The number of halogens is 3. The minimum Gasteiger partial charge on any atom is -0.461 e. The summed E-state index contributed by atoms with van der Waals surface area (Å²) < 4.78 is 47.5. The van der Waals surface area contributed by atoms with Gasteiger partial charge in [0, 0.05) is 11.3 Å². The number of hydrogen-bond acceptors (Lipinski definition) is 4. The Morgan fingerprint density at radius 3 is 2.49 bits per heavy atom. The lowest BCUT2D eigenvalue weighted by atomic mass is 10.1. The van der Waals surface area contributed by atoms with Crippen LogP contribution in [-0.4, -0.2) is 28.3 Å². The Bertz CT molecular complexity index is 1430. The van der Waals surface area contributed by atoms with Crippen molar-refractivity contribution >= 4 is 17.6 Å². The molecule has 35 heavy (non-hydrogen) atoms. The van der Waals surface area contributed by atoms with Gasteiger partial charge in [0.2, 0.25) is 0 Å². The molecular formula is C26H20F3N3O3. The summed E-state index contributed by atoms with van der Waals surface area (Å²) in [5, 5.41) is 6.90. The maximum absolute atomic E-state index is 14.0. The molecule has 1 N–H and O–H groups in total. The van der Waals surface area contributed by atoms with Gasteiger partial charge in [0.05, 0.1) is 23.6 Å². The summed E-state index contributed by atoms with van der Waals surface area (Å²) >= 11 is 0. The van der Waals surface area contributed by atoms with E-state index >= 15 is 0 Å². The molecule has 0 aliphatic heterocycles. The van der Waals surface area contributed by atoms with Gasteiger partial charge in [-0.15, -0.1) is 0 Å². The number of carbonyl (C=O) groups is 2. The molecule has 0 radical (unpaired) electrons. The summed E-state index contributed by atoms with van der Waals surface area (Å²) in [6.07, 6.45) is 0. The predicted molar refractivity (Wildman–Crippen MR) is 124 cm³/mol. The molecule has 4 aromatic rings. The van der Waals surface area contributed by atoms with Crippen molar-refractivity contribution in [2.45, 2.75) is 13.8 Å². The second-order valence-electron chi connectivity index (χ2n) is 7.64. The number of ether oxygens (including phenoxy) is 1. The van der Waals surface area contributed by atoms with Gasteiger partial charge in [-0.1, -0.05) is 24.3 Å². The van der Waals surface area contributed by atoms with Crippen molar-refractivity contribution in [2.75, 3.05) is 11.9 Å². The quantitative estimate of drug-likeness (QED) is 0.285. The van der Waals surface area contributed by atoms with Crippen molar-refractivity contribution in [3.63, 3.8) is 0 Å². The number of amides is 1. The summed E-state index contributed by atoms with van der Waals surface area (Å²) in [7, 11) is 0. The van der Waals surface area contributed by atoms with Crippen LogP contribution in [0.2, 0.25) is 0 Å². The van der Waals surface area contributed by atoms with Crippen LogP contribution in [0.5, 0.6) is 0 Å². The summed E-state index contributed by atoms with van der Waals surface area (Å²) in [6, 6.07) is 17.1. The summed E-state index contributed by atoms with van der Waals surface area (Å²) in [5.74, 6) is -6.21. The lowest BCUT2D eigenvalue weighted by Crippen LogP contribution is -2.15. The molecule has 1 amide bonds. The van der Waals surface area contributed by atoms with Crippen molar-refractivity contribution in [3.05, 3.63) is 101 Å². The number of aromatic nitrogens is 2. The van der Waals surface area contributed by atoms with Crippen molar-refractivity contribution in [2.24, 2.45) is 0 Å². The first-order valence-corrected chi connectivity index (χ1v) is 10.7. The third-order valence-electron chi connectivity index (χ3n) is 5.14. The monoisotopic (exact) mass is 479 g/mol. The van der Waals surface area contributed by atoms with Gasteiger partial charge in [-0.25, -0.2) is 22.6 Å². The fourth-order valence-corrected chi connectivity index (χ4v) is 3.50. The third-order valence-corrected chi connectivity index (χ3v) is 5.14. The Kier molecular flexibility index (Phi) is 6.68. The van der Waals surface area contributed by atoms with E-state index in [0.29, 0.717) is 23.0 Å². The van der Waals surface area contributed by atoms with Gasteiger partial charge in [0.25, 0.3) is 5.91 Å². The highest BCUT2D eigenvalue weighted by Gasteiger charge is 2.20. The molecule has 0 spiro atoms. The summed E-state index contributed by atoms with van der Waals surface area (Å²) in [4.78, 5) is 24.9. The highest BCUT2D eigenvalue weighted by atomic mass is 19.2. The number of hydrogen-bond donors (Lipinski definition) is 1. The predicted octanol–water partition coefficient (Wildman–Crippen LogP) is 5.69. The second-order valence-corrected chi connectivity index (χ2v) is 7.64. The zero-order chi connectivity index (χ0) is 25.1. The topological polar surface area (TPSA) is 73.2 Å². The lowest BCUT2D eigenvalue weighted by molar-refractivity contribution is 0.0518. The molecular weight excluding hydrogens is 459 g/mol. The minimum atomic E-state index is -1.72. The standard InChI is InChI=1S/C26H20F3N3O3/c1-3-35-26(34)21-14-22(32(31-21)18-9-4-6-15(2)12-18)16-7-5-8-17(13-16)30-25(33)19-10-11-20(27)24(29)23(19)28/h4-14H,3H2,1-2H3,(H,30,33). The number of aryl methyl sites for hydroxylation is 1. The first-order chi connectivity index (χ1) is 16.8. The average Bonchev–Trinajstić information content (AvgIpc) is 3.29. The van der Waals surface area contributed by atoms with E-state index in [1.165, 1.54) is 0 Å². The molecule has 0 aliphatic carbocycles. The van der Waals surface area contributed by atoms with Crippen LogP contribution < -0.4 is 5.32 Å². The van der Waals surface area contributed by atoms with Crippen LogP contribution in [0.15, 0.2) is 66.7 Å². The molecule has 0 fully saturated rings. The van der Waals surface area contributed by atoms with Crippen LogP contribution in [0.25, 0.3) is 16.9 Å². The highest BCUT2D eigenvalue weighted by Crippen LogP contribution is 2.28. The van der Waals surface area contributed by atoms with Gasteiger partial charge in [0.1, 0.15) is 0 Å². The van der Waals surface area contributed by atoms with Gasteiger partial charge < -0.3 is 10.1 Å². The molecule has 0 saturated heterocycles. The highest BCUT2D eigenvalue weighted by molar-refractivity contribution is 6.04. The van der Waals surface area contributed by atoms with Crippen molar-refractivity contribution in [3.8, 4) is 16.9 Å². The Hall–Kier alpha value is -4.40. The van der Waals surface area contributed by atoms with E-state index in [0.717, 1.165) is 11.6 Å². The molecule has 0 atom stereocenters. The number of nitrogens with zero attached hydrogens (tertiary/aromatic N) is 2. The first kappa shape index (κ1) is 23.7. The van der Waals surface area contributed by atoms with Gasteiger partial charge in [-0.2, -0.15) is 5.10 Å². The van der Waals surface area contributed by atoms with E-state index in [1.807, 2.05) is 31.2 Å². The van der Waals surface area contributed by atoms with E-state index < -0.39 is 34.9 Å². The van der Waals surface area contributed by atoms with Crippen LogP contribution in [0, 0.1) is 24.4 Å². The largest absolute Gasteiger partial charge is 0.461 e. The molecule has 1 heterocycles. The van der Waals surface area contributed by atoms with E-state index in [9.17, 15) is 22.8 Å². The summed E-state index contributed by atoms with van der Waals surface area (Å²) in [6.45, 7) is 3.80. The molecule has 1 aromatic heterocycles. The number of rotatable bonds is 6. The van der Waals surface area contributed by atoms with Gasteiger partial charge in [0.15, 0.2) is 23.1 Å². The average molecular weight is 479 g/mol. The second kappa shape index (κ2) is 9.84. The number of benzene rings is 3. The molecule has 4 rings (SSSR count). The summed E-state index contributed by atoms with van der Waals surface area (Å²) in [5.41, 5.74) is 2.54. The van der Waals surface area contributed by atoms with Crippen LogP contribution in [0.4, 0.5) is 18.9 Å². The minimum absolute atomic E-state index is 0.0988. The van der Waals surface area contributed by atoms with E-state index in [2.05, 4.69) is 10.4 Å². The van der Waals surface area contributed by atoms with Crippen molar-refractivity contribution in [1.29, 1.82) is 0 Å². The van der Waals surface area contributed by atoms with Crippen LogP contribution in [-0.2, 0) is 4.74 Å². The lowest BCUT2D eigenvalue weighted by Gasteiger charge is -2.11. The molecule has 9 heteroatoms. The van der Waals surface area contributed by atoms with Crippen LogP contribution in [0.3, 0.4) is 0 Å². The molecule has 6 nitrogen and oxygen atoms in total. The Morgan fingerprint density at radius 1 is 0.971 bits per heavy atom. The maximum atomic E-state index is 14.0. The molecule has 0 bridgehead atoms. The van der Waals surface area contributed by atoms with E-state index in [4.69, 9.17) is 4.74 Å². The van der Waals surface area contributed by atoms with Crippen molar-refractivity contribution < 1.29 is 27.5 Å². The number of anilines is 1. The number of carbonyl (C=O) groups excluding carboxylic acids is 2. The normalized spacial score (nSPS) is 10.8. The van der Waals surface area contributed by atoms with E-state index in [1.54, 1.807) is 41.9 Å². The zero-order valence-electron chi connectivity index (χ0n) is 18.8. The molecule has 178 valence electrons. The molecule has 0 saturated carbocycles. The maximum Gasteiger partial charge on any atom is 0.358 e. The van der Waals surface area contributed by atoms with Gasteiger partial charge >= 0.3 is 5.97 Å². The Balaban J connectivity index is 1.72. The smallest absolute Gasteiger partial charge is 0.358 e. The number of nitrogens with one attached hydrogen (secondary N) is 1. The van der Waals surface area contributed by atoms with Crippen molar-refractivity contribution in [1.82, 2.24) is 9.78 Å². The Labute approximate surface area is 199 Å². The van der Waals surface area contributed by atoms with Gasteiger partial charge in [-0.3, -0.25) is 4.79 Å². The van der Waals surface area contributed by atoms with Crippen LogP contribution in [0.1, 0.15) is 33.3 Å². The molecule has 0 unspecified atom stereocenters. The van der Waals surface area contributed by atoms with E-state index in [-0.39, 0.29) is 18.0 Å².